The second-order valence-electron chi connectivity index (χ2n) is 6.03. The molecule has 0 saturated carbocycles. The van der Waals surface area contributed by atoms with Crippen molar-refractivity contribution in [2.24, 2.45) is 5.73 Å². The Morgan fingerprint density at radius 2 is 2.05 bits per heavy atom. The molecule has 118 valence electrons. The van der Waals surface area contributed by atoms with Gasteiger partial charge < -0.3 is 15.2 Å². The number of hydrogen-bond donors (Lipinski definition) is 1. The molecule has 0 aromatic heterocycles. The van der Waals surface area contributed by atoms with Gasteiger partial charge in [-0.05, 0) is 26.3 Å². The first-order valence-corrected chi connectivity index (χ1v) is 7.76. The van der Waals surface area contributed by atoms with Crippen LogP contribution in [0.1, 0.15) is 37.4 Å². The zero-order valence-electron chi connectivity index (χ0n) is 13.7. The van der Waals surface area contributed by atoms with Crippen molar-refractivity contribution in [2.45, 2.75) is 38.8 Å². The molecular weight excluding hydrogens is 264 g/mol. The first kappa shape index (κ1) is 16.3. The Morgan fingerprint density at radius 1 is 1.38 bits per heavy atom. The molecule has 0 spiro atoms. The van der Waals surface area contributed by atoms with Crippen LogP contribution in [0.25, 0.3) is 0 Å². The number of aryl methyl sites for hydroxylation is 1. The highest BCUT2D eigenvalue weighted by Gasteiger charge is 2.38. The monoisotopic (exact) mass is 292 g/mol. The summed E-state index contributed by atoms with van der Waals surface area (Å²) in [6.07, 6.45) is 0.991. The summed E-state index contributed by atoms with van der Waals surface area (Å²) in [5.74, 6) is 0.876. The number of rotatable bonds is 5. The van der Waals surface area contributed by atoms with Crippen molar-refractivity contribution in [3.8, 4) is 5.75 Å². The second-order valence-corrected chi connectivity index (χ2v) is 6.03. The maximum atomic E-state index is 6.70. The summed E-state index contributed by atoms with van der Waals surface area (Å²) in [6, 6.07) is 6.14. The molecule has 1 heterocycles. The van der Waals surface area contributed by atoms with E-state index in [-0.39, 0.29) is 11.6 Å². The number of benzene rings is 1. The van der Waals surface area contributed by atoms with Crippen LogP contribution in [0.4, 0.5) is 0 Å². The molecule has 4 heteroatoms. The Hall–Kier alpha value is -1.10. The van der Waals surface area contributed by atoms with Gasteiger partial charge in [0.05, 0.1) is 26.4 Å². The predicted molar refractivity (Wildman–Crippen MR) is 85.7 cm³/mol. The van der Waals surface area contributed by atoms with Crippen LogP contribution in [0.2, 0.25) is 0 Å². The number of morpholine rings is 1. The summed E-state index contributed by atoms with van der Waals surface area (Å²) in [5, 5.41) is 0. The van der Waals surface area contributed by atoms with Crippen molar-refractivity contribution in [1.29, 1.82) is 0 Å². The third kappa shape index (κ3) is 3.23. The third-order valence-electron chi connectivity index (χ3n) is 4.84. The average molecular weight is 292 g/mol. The summed E-state index contributed by atoms with van der Waals surface area (Å²) >= 11 is 0. The summed E-state index contributed by atoms with van der Waals surface area (Å²) < 4.78 is 11.0. The van der Waals surface area contributed by atoms with Gasteiger partial charge in [-0.1, -0.05) is 24.6 Å². The smallest absolute Gasteiger partial charge is 0.123 e. The standard InChI is InChI=1S/C17H28N2O2/c1-5-17(3,19-8-10-21-11-9-19)16(18)14-12-13(2)6-7-15(14)20-4/h6-7,12,16H,5,8-11,18H2,1-4H3. The molecule has 1 saturated heterocycles. The van der Waals surface area contributed by atoms with Gasteiger partial charge in [-0.2, -0.15) is 0 Å². The lowest BCUT2D eigenvalue weighted by Gasteiger charge is -2.46. The molecule has 0 radical (unpaired) electrons. The minimum Gasteiger partial charge on any atom is -0.496 e. The zero-order valence-corrected chi connectivity index (χ0v) is 13.7. The van der Waals surface area contributed by atoms with Crippen LogP contribution >= 0.6 is 0 Å². The van der Waals surface area contributed by atoms with Gasteiger partial charge in [0.25, 0.3) is 0 Å². The molecule has 21 heavy (non-hydrogen) atoms. The SMILES string of the molecule is CCC(C)(C(N)c1cc(C)ccc1OC)N1CCOCC1. The van der Waals surface area contributed by atoms with Crippen LogP contribution in [-0.4, -0.2) is 43.9 Å². The second kappa shape index (κ2) is 6.77. The molecule has 1 aliphatic rings. The highest BCUT2D eigenvalue weighted by molar-refractivity contribution is 5.40. The highest BCUT2D eigenvalue weighted by Crippen LogP contribution is 2.37. The van der Waals surface area contributed by atoms with Crippen molar-refractivity contribution in [2.75, 3.05) is 33.4 Å². The van der Waals surface area contributed by atoms with E-state index in [0.717, 1.165) is 44.0 Å². The third-order valence-corrected chi connectivity index (χ3v) is 4.84. The molecule has 1 aromatic rings. The quantitative estimate of drug-likeness (QED) is 0.906. The molecule has 0 amide bonds. The van der Waals surface area contributed by atoms with Crippen LogP contribution in [0.5, 0.6) is 5.75 Å². The molecule has 0 aliphatic carbocycles. The van der Waals surface area contributed by atoms with Gasteiger partial charge in [-0.25, -0.2) is 0 Å². The predicted octanol–water partition coefficient (Wildman–Crippen LogP) is 2.50. The van der Waals surface area contributed by atoms with E-state index in [0.29, 0.717) is 0 Å². The minimum absolute atomic E-state index is 0.0875. The van der Waals surface area contributed by atoms with E-state index in [4.69, 9.17) is 15.2 Å². The van der Waals surface area contributed by atoms with Crippen molar-refractivity contribution in [3.63, 3.8) is 0 Å². The number of nitrogens with zero attached hydrogens (tertiary/aromatic N) is 1. The molecule has 0 bridgehead atoms. The van der Waals surface area contributed by atoms with Crippen LogP contribution in [0, 0.1) is 6.92 Å². The lowest BCUT2D eigenvalue weighted by Crippen LogP contribution is -2.56. The lowest BCUT2D eigenvalue weighted by molar-refractivity contribution is -0.0280. The fraction of sp³-hybridized carbons (Fsp3) is 0.647. The molecule has 2 atom stereocenters. The topological polar surface area (TPSA) is 47.7 Å². The van der Waals surface area contributed by atoms with Gasteiger partial charge in [0.15, 0.2) is 0 Å². The van der Waals surface area contributed by atoms with Gasteiger partial charge in [0, 0.05) is 24.2 Å². The zero-order chi connectivity index (χ0) is 15.5. The normalized spacial score (nSPS) is 20.8. The van der Waals surface area contributed by atoms with Crippen LogP contribution in [0.3, 0.4) is 0 Å². The first-order valence-electron chi connectivity index (χ1n) is 7.76. The van der Waals surface area contributed by atoms with Crippen LogP contribution in [-0.2, 0) is 4.74 Å². The van der Waals surface area contributed by atoms with Crippen molar-refractivity contribution < 1.29 is 9.47 Å². The van der Waals surface area contributed by atoms with E-state index in [1.54, 1.807) is 7.11 Å². The molecule has 2 N–H and O–H groups in total. The molecule has 2 rings (SSSR count). The van der Waals surface area contributed by atoms with Gasteiger partial charge in [-0.15, -0.1) is 0 Å². The van der Waals surface area contributed by atoms with Crippen molar-refractivity contribution >= 4 is 0 Å². The van der Waals surface area contributed by atoms with Gasteiger partial charge >= 0.3 is 0 Å². The fourth-order valence-electron chi connectivity index (χ4n) is 3.15. The Bertz CT molecular complexity index is 472. The van der Waals surface area contributed by atoms with Crippen LogP contribution < -0.4 is 10.5 Å². The lowest BCUT2D eigenvalue weighted by atomic mass is 9.82. The van der Waals surface area contributed by atoms with Crippen molar-refractivity contribution in [1.82, 2.24) is 4.90 Å². The van der Waals surface area contributed by atoms with E-state index in [2.05, 4.69) is 37.8 Å². The maximum Gasteiger partial charge on any atom is 0.123 e. The van der Waals surface area contributed by atoms with Gasteiger partial charge in [0.1, 0.15) is 5.75 Å². The number of nitrogens with two attached hydrogens (primary N) is 1. The number of methoxy groups -OCH3 is 1. The Labute approximate surface area is 128 Å². The molecule has 1 aromatic carbocycles. The van der Waals surface area contributed by atoms with E-state index in [1.807, 2.05) is 6.07 Å². The number of ether oxygens (including phenoxy) is 2. The molecule has 2 unspecified atom stereocenters. The molecule has 1 aliphatic heterocycles. The highest BCUT2D eigenvalue weighted by atomic mass is 16.5. The van der Waals surface area contributed by atoms with Gasteiger partial charge in [-0.3, -0.25) is 4.90 Å². The Morgan fingerprint density at radius 3 is 2.62 bits per heavy atom. The number of hydrogen-bond acceptors (Lipinski definition) is 4. The summed E-state index contributed by atoms with van der Waals surface area (Å²) in [5.41, 5.74) is 8.91. The van der Waals surface area contributed by atoms with Crippen molar-refractivity contribution in [3.05, 3.63) is 29.3 Å². The van der Waals surface area contributed by atoms with E-state index < -0.39 is 0 Å². The molecular formula is C17H28N2O2. The summed E-state index contributed by atoms with van der Waals surface area (Å²) in [7, 11) is 1.71. The Balaban J connectivity index is 2.34. The van der Waals surface area contributed by atoms with Crippen LogP contribution in [0.15, 0.2) is 18.2 Å². The fourth-order valence-corrected chi connectivity index (χ4v) is 3.15. The average Bonchev–Trinajstić information content (AvgIpc) is 2.54. The molecule has 1 fully saturated rings. The first-order chi connectivity index (χ1) is 10.0. The van der Waals surface area contributed by atoms with E-state index in [1.165, 1.54) is 5.56 Å². The minimum atomic E-state index is -0.0924. The Kier molecular flexibility index (Phi) is 5.25. The maximum absolute atomic E-state index is 6.70. The summed E-state index contributed by atoms with van der Waals surface area (Å²) in [6.45, 7) is 9.99. The largest absolute Gasteiger partial charge is 0.496 e. The van der Waals surface area contributed by atoms with E-state index >= 15 is 0 Å². The summed E-state index contributed by atoms with van der Waals surface area (Å²) in [4.78, 5) is 2.46. The molecule has 4 nitrogen and oxygen atoms in total. The van der Waals surface area contributed by atoms with E-state index in [9.17, 15) is 0 Å². The van der Waals surface area contributed by atoms with Gasteiger partial charge in [0.2, 0.25) is 0 Å².